The Balaban J connectivity index is 1.84. The molecule has 2 aliphatic rings. The third-order valence-corrected chi connectivity index (χ3v) is 3.49. The highest BCUT2D eigenvalue weighted by atomic mass is 16.5. The lowest BCUT2D eigenvalue weighted by Crippen LogP contribution is -2.50. The highest BCUT2D eigenvalue weighted by molar-refractivity contribution is 5.94. The fourth-order valence-corrected chi connectivity index (χ4v) is 2.45. The minimum atomic E-state index is 0.0525. The van der Waals surface area contributed by atoms with E-state index < -0.39 is 0 Å². The first kappa shape index (κ1) is 12.3. The molecule has 2 heterocycles. The first-order valence-corrected chi connectivity index (χ1v) is 6.63. The molecule has 19 heavy (non-hydrogen) atoms. The number of fused-ring (bicyclic) bond motifs is 1. The Morgan fingerprint density at radius 2 is 1.95 bits per heavy atom. The Morgan fingerprint density at radius 1 is 1.16 bits per heavy atom. The van der Waals surface area contributed by atoms with Gasteiger partial charge >= 0.3 is 6.03 Å². The zero-order valence-electron chi connectivity index (χ0n) is 11.1. The number of urea groups is 1. The Bertz CT molecular complexity index is 484. The molecular weight excluding hydrogens is 244 g/mol. The second kappa shape index (κ2) is 5.09. The van der Waals surface area contributed by atoms with Gasteiger partial charge in [0, 0.05) is 13.1 Å². The summed E-state index contributed by atoms with van der Waals surface area (Å²) < 4.78 is 10.9. The van der Waals surface area contributed by atoms with Gasteiger partial charge in [-0.15, -0.1) is 0 Å². The van der Waals surface area contributed by atoms with Crippen LogP contribution in [-0.4, -0.2) is 50.4 Å². The highest BCUT2D eigenvalue weighted by Crippen LogP contribution is 2.33. The van der Waals surface area contributed by atoms with Crippen molar-refractivity contribution in [1.82, 2.24) is 4.90 Å². The predicted molar refractivity (Wildman–Crippen MR) is 71.8 cm³/mol. The van der Waals surface area contributed by atoms with Gasteiger partial charge in [0.15, 0.2) is 0 Å². The van der Waals surface area contributed by atoms with Gasteiger partial charge in [-0.3, -0.25) is 4.90 Å². The number of carbonyl (C=O) groups is 1. The van der Waals surface area contributed by atoms with Crippen LogP contribution in [0.3, 0.4) is 0 Å². The van der Waals surface area contributed by atoms with Gasteiger partial charge in [0.2, 0.25) is 0 Å². The van der Waals surface area contributed by atoms with Gasteiger partial charge in [0.05, 0.1) is 25.4 Å². The predicted octanol–water partition coefficient (Wildman–Crippen LogP) is 1.65. The number of anilines is 1. The number of hydrogen-bond acceptors (Lipinski definition) is 3. The molecule has 0 aliphatic carbocycles. The van der Waals surface area contributed by atoms with Crippen LogP contribution >= 0.6 is 0 Å². The van der Waals surface area contributed by atoms with Gasteiger partial charge in [-0.25, -0.2) is 4.79 Å². The monoisotopic (exact) mass is 262 g/mol. The SMILES string of the molecule is Cc1ccc2c(c1)OCCN2C(=O)N1CCOCC1. The lowest BCUT2D eigenvalue weighted by atomic mass is 10.2. The number of hydrogen-bond donors (Lipinski definition) is 0. The van der Waals surface area contributed by atoms with Crippen molar-refractivity contribution in [2.24, 2.45) is 0 Å². The van der Waals surface area contributed by atoms with Crippen molar-refractivity contribution >= 4 is 11.7 Å². The molecule has 5 nitrogen and oxygen atoms in total. The van der Waals surface area contributed by atoms with E-state index in [0.717, 1.165) is 17.0 Å². The summed E-state index contributed by atoms with van der Waals surface area (Å²) in [4.78, 5) is 16.2. The molecule has 0 spiro atoms. The Labute approximate surface area is 112 Å². The average molecular weight is 262 g/mol. The Morgan fingerprint density at radius 3 is 2.74 bits per heavy atom. The average Bonchev–Trinajstić information content (AvgIpc) is 2.46. The van der Waals surface area contributed by atoms with Crippen molar-refractivity contribution in [2.75, 3.05) is 44.4 Å². The first-order chi connectivity index (χ1) is 9.25. The summed E-state index contributed by atoms with van der Waals surface area (Å²) in [5.74, 6) is 0.799. The van der Waals surface area contributed by atoms with E-state index in [4.69, 9.17) is 9.47 Å². The van der Waals surface area contributed by atoms with Gasteiger partial charge in [-0.1, -0.05) is 6.07 Å². The molecule has 1 aromatic rings. The van der Waals surface area contributed by atoms with Crippen LogP contribution in [0.4, 0.5) is 10.5 Å². The maximum atomic E-state index is 12.5. The van der Waals surface area contributed by atoms with Crippen molar-refractivity contribution in [3.8, 4) is 5.75 Å². The van der Waals surface area contributed by atoms with Crippen LogP contribution in [0.5, 0.6) is 5.75 Å². The molecule has 0 atom stereocenters. The second-order valence-electron chi connectivity index (χ2n) is 4.85. The molecule has 0 aromatic heterocycles. The van der Waals surface area contributed by atoms with Crippen LogP contribution < -0.4 is 9.64 Å². The summed E-state index contributed by atoms with van der Waals surface area (Å²) in [6.45, 7) is 5.74. The molecule has 0 N–H and O–H groups in total. The van der Waals surface area contributed by atoms with Crippen molar-refractivity contribution in [1.29, 1.82) is 0 Å². The molecule has 0 saturated carbocycles. The molecule has 5 heteroatoms. The van der Waals surface area contributed by atoms with E-state index in [9.17, 15) is 4.79 Å². The van der Waals surface area contributed by atoms with E-state index in [2.05, 4.69) is 0 Å². The van der Waals surface area contributed by atoms with Crippen LogP contribution in [0.2, 0.25) is 0 Å². The minimum absolute atomic E-state index is 0.0525. The van der Waals surface area contributed by atoms with Crippen LogP contribution in [0.25, 0.3) is 0 Å². The smallest absolute Gasteiger partial charge is 0.324 e. The Kier molecular flexibility index (Phi) is 3.29. The van der Waals surface area contributed by atoms with E-state index in [-0.39, 0.29) is 6.03 Å². The summed E-state index contributed by atoms with van der Waals surface area (Å²) in [6, 6.07) is 6.00. The molecule has 1 fully saturated rings. The number of nitrogens with zero attached hydrogens (tertiary/aromatic N) is 2. The summed E-state index contributed by atoms with van der Waals surface area (Å²) >= 11 is 0. The van der Waals surface area contributed by atoms with Gasteiger partial charge in [0.1, 0.15) is 12.4 Å². The van der Waals surface area contributed by atoms with E-state index in [1.807, 2.05) is 34.9 Å². The number of aryl methyl sites for hydroxylation is 1. The van der Waals surface area contributed by atoms with Crippen LogP contribution in [0.1, 0.15) is 5.56 Å². The molecule has 0 bridgehead atoms. The molecule has 2 amide bonds. The molecule has 2 aliphatic heterocycles. The first-order valence-electron chi connectivity index (χ1n) is 6.63. The summed E-state index contributed by atoms with van der Waals surface area (Å²) in [5.41, 5.74) is 2.01. The molecule has 0 radical (unpaired) electrons. The molecule has 0 unspecified atom stereocenters. The molecule has 1 aromatic carbocycles. The van der Waals surface area contributed by atoms with Crippen molar-refractivity contribution in [3.05, 3.63) is 23.8 Å². The zero-order valence-corrected chi connectivity index (χ0v) is 11.1. The number of carbonyl (C=O) groups excluding carboxylic acids is 1. The number of ether oxygens (including phenoxy) is 2. The van der Waals surface area contributed by atoms with E-state index in [0.29, 0.717) is 39.5 Å². The third-order valence-electron chi connectivity index (χ3n) is 3.49. The number of rotatable bonds is 0. The van der Waals surface area contributed by atoms with Gasteiger partial charge < -0.3 is 14.4 Å². The maximum Gasteiger partial charge on any atom is 0.324 e. The van der Waals surface area contributed by atoms with Crippen LogP contribution in [0, 0.1) is 6.92 Å². The summed E-state index contributed by atoms with van der Waals surface area (Å²) in [5, 5.41) is 0. The third kappa shape index (κ3) is 2.38. The molecular formula is C14H18N2O3. The van der Waals surface area contributed by atoms with E-state index in [1.165, 1.54) is 0 Å². The zero-order chi connectivity index (χ0) is 13.2. The largest absolute Gasteiger partial charge is 0.490 e. The van der Waals surface area contributed by atoms with Crippen LogP contribution in [0.15, 0.2) is 18.2 Å². The molecule has 1 saturated heterocycles. The molecule has 3 rings (SSSR count). The lowest BCUT2D eigenvalue weighted by Gasteiger charge is -2.35. The summed E-state index contributed by atoms with van der Waals surface area (Å²) in [7, 11) is 0. The summed E-state index contributed by atoms with van der Waals surface area (Å²) in [6.07, 6.45) is 0. The fourth-order valence-electron chi connectivity index (χ4n) is 2.45. The van der Waals surface area contributed by atoms with Gasteiger partial charge in [0.25, 0.3) is 0 Å². The maximum absolute atomic E-state index is 12.5. The minimum Gasteiger partial charge on any atom is -0.490 e. The lowest BCUT2D eigenvalue weighted by molar-refractivity contribution is 0.0545. The number of morpholine rings is 1. The normalized spacial score (nSPS) is 18.8. The van der Waals surface area contributed by atoms with Crippen LogP contribution in [-0.2, 0) is 4.74 Å². The molecule has 102 valence electrons. The second-order valence-corrected chi connectivity index (χ2v) is 4.85. The van der Waals surface area contributed by atoms with Crippen molar-refractivity contribution in [2.45, 2.75) is 6.92 Å². The van der Waals surface area contributed by atoms with Gasteiger partial charge in [-0.2, -0.15) is 0 Å². The standard InChI is InChI=1S/C14H18N2O3/c1-11-2-3-12-13(10-11)19-9-6-16(12)14(17)15-4-7-18-8-5-15/h2-3,10H,4-9H2,1H3. The van der Waals surface area contributed by atoms with E-state index in [1.54, 1.807) is 0 Å². The fraction of sp³-hybridized carbons (Fsp3) is 0.500. The quantitative estimate of drug-likeness (QED) is 0.714. The van der Waals surface area contributed by atoms with E-state index >= 15 is 0 Å². The van der Waals surface area contributed by atoms with Crippen molar-refractivity contribution in [3.63, 3.8) is 0 Å². The van der Waals surface area contributed by atoms with Gasteiger partial charge in [-0.05, 0) is 24.6 Å². The Hall–Kier alpha value is -1.75. The topological polar surface area (TPSA) is 42.0 Å². The number of amides is 2. The van der Waals surface area contributed by atoms with Crippen molar-refractivity contribution < 1.29 is 14.3 Å². The highest BCUT2D eigenvalue weighted by Gasteiger charge is 2.28. The number of benzene rings is 1.